The van der Waals surface area contributed by atoms with Gasteiger partial charge in [0, 0.05) is 36.9 Å². The Bertz CT molecular complexity index is 1360. The molecular formula is C29H33FN4O5. The van der Waals surface area contributed by atoms with E-state index in [1.54, 1.807) is 11.0 Å². The van der Waals surface area contributed by atoms with Crippen LogP contribution in [0.25, 0.3) is 11.1 Å². The molecule has 1 aliphatic heterocycles. The van der Waals surface area contributed by atoms with Gasteiger partial charge < -0.3 is 29.7 Å². The lowest BCUT2D eigenvalue weighted by atomic mass is 10.0. The third-order valence-electron chi connectivity index (χ3n) is 6.27. The zero-order valence-corrected chi connectivity index (χ0v) is 22.7. The molecule has 0 saturated carbocycles. The van der Waals surface area contributed by atoms with Crippen LogP contribution in [0.15, 0.2) is 54.7 Å². The fourth-order valence-electron chi connectivity index (χ4n) is 4.41. The van der Waals surface area contributed by atoms with Gasteiger partial charge in [0.15, 0.2) is 5.75 Å². The van der Waals surface area contributed by atoms with E-state index in [9.17, 15) is 14.0 Å². The smallest absolute Gasteiger partial charge is 0.410 e. The second-order valence-electron chi connectivity index (χ2n) is 10.3. The zero-order chi connectivity index (χ0) is 28.3. The van der Waals surface area contributed by atoms with Gasteiger partial charge >= 0.3 is 12.1 Å². The van der Waals surface area contributed by atoms with E-state index in [-0.39, 0.29) is 29.3 Å². The number of carbonyl (C=O) groups excluding carboxylic acids is 2. The van der Waals surface area contributed by atoms with Crippen molar-refractivity contribution in [2.75, 3.05) is 37.4 Å². The lowest BCUT2D eigenvalue weighted by Gasteiger charge is -2.41. The van der Waals surface area contributed by atoms with E-state index < -0.39 is 17.4 Å². The van der Waals surface area contributed by atoms with Gasteiger partial charge in [0.2, 0.25) is 0 Å². The topological polar surface area (TPSA) is 107 Å². The van der Waals surface area contributed by atoms with Crippen molar-refractivity contribution in [3.05, 3.63) is 66.1 Å². The van der Waals surface area contributed by atoms with Crippen LogP contribution in [0.2, 0.25) is 0 Å². The Labute approximate surface area is 227 Å². The maximum absolute atomic E-state index is 14.4. The molecule has 9 nitrogen and oxygen atoms in total. The molecule has 206 valence electrons. The van der Waals surface area contributed by atoms with E-state index >= 15 is 0 Å². The summed E-state index contributed by atoms with van der Waals surface area (Å²) in [7, 11) is 1.18. The third kappa shape index (κ3) is 6.39. The number of hydrogen-bond donors (Lipinski definition) is 1. The number of nitrogens with two attached hydrogens (primary N) is 1. The maximum Gasteiger partial charge on any atom is 0.410 e. The zero-order valence-electron chi connectivity index (χ0n) is 22.7. The molecule has 2 heterocycles. The molecule has 39 heavy (non-hydrogen) atoms. The Morgan fingerprint density at radius 2 is 1.79 bits per heavy atom. The fraction of sp³-hybridized carbons (Fsp3) is 0.345. The van der Waals surface area contributed by atoms with Crippen LogP contribution in [-0.4, -0.2) is 60.3 Å². The van der Waals surface area contributed by atoms with E-state index in [2.05, 4.69) is 9.88 Å². The van der Waals surface area contributed by atoms with Gasteiger partial charge in [0.25, 0.3) is 0 Å². The molecule has 3 aromatic rings. The maximum atomic E-state index is 14.4. The lowest BCUT2D eigenvalue weighted by Crippen LogP contribution is -2.55. The van der Waals surface area contributed by atoms with Crippen LogP contribution in [-0.2, 0) is 9.47 Å². The number of rotatable bonds is 5. The van der Waals surface area contributed by atoms with Crippen LogP contribution in [0.3, 0.4) is 0 Å². The Morgan fingerprint density at radius 1 is 1.08 bits per heavy atom. The summed E-state index contributed by atoms with van der Waals surface area (Å²) in [4.78, 5) is 32.8. The van der Waals surface area contributed by atoms with Gasteiger partial charge in [-0.2, -0.15) is 0 Å². The molecule has 0 unspecified atom stereocenters. The highest BCUT2D eigenvalue weighted by Gasteiger charge is 2.31. The van der Waals surface area contributed by atoms with Crippen molar-refractivity contribution in [1.82, 2.24) is 9.88 Å². The summed E-state index contributed by atoms with van der Waals surface area (Å²) in [6, 6.07) is 13.5. The van der Waals surface area contributed by atoms with Gasteiger partial charge in [-0.15, -0.1) is 0 Å². The highest BCUT2D eigenvalue weighted by atomic mass is 19.1. The summed E-state index contributed by atoms with van der Waals surface area (Å²) < 4.78 is 30.6. The Kier molecular flexibility index (Phi) is 7.94. The van der Waals surface area contributed by atoms with Crippen LogP contribution in [0.1, 0.15) is 38.1 Å². The Balaban J connectivity index is 1.54. The molecule has 0 bridgehead atoms. The number of amides is 1. The molecular weight excluding hydrogens is 503 g/mol. The van der Waals surface area contributed by atoms with Crippen molar-refractivity contribution >= 4 is 23.6 Å². The van der Waals surface area contributed by atoms with E-state index in [1.165, 1.54) is 25.4 Å². The molecule has 2 aromatic carbocycles. The van der Waals surface area contributed by atoms with Crippen molar-refractivity contribution in [3.63, 3.8) is 0 Å². The standard InChI is InChI=1S/C29H33FN4O5/c1-18-17-33(13-14-34(18)28(36)39-29(2,3)4)20-11-9-19(10-12-20)21-15-25(31)32-16-24(21)38-23-8-6-7-22(30)26(23)27(35)37-5/h6-12,15-16,18H,13-14,17H2,1-5H3,(H2,31,32)/t18-/m0/s1. The van der Waals surface area contributed by atoms with Crippen molar-refractivity contribution in [3.8, 4) is 22.6 Å². The molecule has 1 atom stereocenters. The van der Waals surface area contributed by atoms with Crippen molar-refractivity contribution in [2.45, 2.75) is 39.3 Å². The first-order chi connectivity index (χ1) is 18.5. The number of methoxy groups -OCH3 is 1. The third-order valence-corrected chi connectivity index (χ3v) is 6.27. The van der Waals surface area contributed by atoms with Crippen LogP contribution in [0.4, 0.5) is 20.7 Å². The summed E-state index contributed by atoms with van der Waals surface area (Å²) in [5.41, 5.74) is 7.53. The number of anilines is 2. The molecule has 0 aliphatic carbocycles. The van der Waals surface area contributed by atoms with E-state index in [0.29, 0.717) is 30.9 Å². The second kappa shape index (κ2) is 11.2. The number of nitrogens with zero attached hydrogens (tertiary/aromatic N) is 3. The molecule has 1 fully saturated rings. The molecule has 1 amide bonds. The summed E-state index contributed by atoms with van der Waals surface area (Å²) in [6.07, 6.45) is 1.13. The number of benzene rings is 2. The minimum atomic E-state index is -0.849. The van der Waals surface area contributed by atoms with Gasteiger partial charge in [0.05, 0.1) is 13.3 Å². The predicted octanol–water partition coefficient (Wildman–Crippen LogP) is 5.49. The lowest BCUT2D eigenvalue weighted by molar-refractivity contribution is 0.0159. The van der Waals surface area contributed by atoms with Gasteiger partial charge in [0.1, 0.15) is 28.5 Å². The predicted molar refractivity (Wildman–Crippen MR) is 147 cm³/mol. The molecule has 4 rings (SSSR count). The van der Waals surface area contributed by atoms with Crippen molar-refractivity contribution in [1.29, 1.82) is 0 Å². The van der Waals surface area contributed by atoms with Crippen molar-refractivity contribution < 1.29 is 28.2 Å². The number of esters is 1. The van der Waals surface area contributed by atoms with E-state index in [1.807, 2.05) is 52.0 Å². The molecule has 1 aliphatic rings. The monoisotopic (exact) mass is 536 g/mol. The molecule has 0 radical (unpaired) electrons. The number of hydrogen-bond acceptors (Lipinski definition) is 8. The number of pyridine rings is 1. The van der Waals surface area contributed by atoms with Crippen LogP contribution in [0.5, 0.6) is 11.5 Å². The summed E-state index contributed by atoms with van der Waals surface area (Å²) in [6.45, 7) is 9.44. The normalized spacial score (nSPS) is 15.6. The number of aromatic nitrogens is 1. The highest BCUT2D eigenvalue weighted by molar-refractivity contribution is 5.93. The average Bonchev–Trinajstić information content (AvgIpc) is 2.88. The quantitative estimate of drug-likeness (QED) is 0.427. The van der Waals surface area contributed by atoms with Crippen molar-refractivity contribution in [2.24, 2.45) is 0 Å². The van der Waals surface area contributed by atoms with E-state index in [0.717, 1.165) is 17.3 Å². The first-order valence-electron chi connectivity index (χ1n) is 12.6. The summed E-state index contributed by atoms with van der Waals surface area (Å²) in [5.74, 6) is -1.02. The minimum absolute atomic E-state index is 0.00290. The van der Waals surface area contributed by atoms with Gasteiger partial charge in [-0.05, 0) is 63.6 Å². The number of halogens is 1. The highest BCUT2D eigenvalue weighted by Crippen LogP contribution is 2.37. The molecule has 10 heteroatoms. The second-order valence-corrected chi connectivity index (χ2v) is 10.3. The summed E-state index contributed by atoms with van der Waals surface area (Å²) in [5, 5.41) is 0. The largest absolute Gasteiger partial charge is 0.465 e. The molecule has 0 spiro atoms. The van der Waals surface area contributed by atoms with Gasteiger partial charge in [-0.3, -0.25) is 0 Å². The van der Waals surface area contributed by atoms with Crippen LogP contribution in [0, 0.1) is 5.82 Å². The molecule has 2 N–H and O–H groups in total. The first kappa shape index (κ1) is 27.7. The number of nitrogen functional groups attached to an aromatic ring is 1. The fourth-order valence-corrected chi connectivity index (χ4v) is 4.41. The first-order valence-corrected chi connectivity index (χ1v) is 12.6. The SMILES string of the molecule is COC(=O)c1c(F)cccc1Oc1cnc(N)cc1-c1ccc(N2CCN(C(=O)OC(C)(C)C)[C@@H](C)C2)cc1. The van der Waals surface area contributed by atoms with Crippen LogP contribution >= 0.6 is 0 Å². The minimum Gasteiger partial charge on any atom is -0.465 e. The number of piperazine rings is 1. The molecule has 1 saturated heterocycles. The number of ether oxygens (including phenoxy) is 3. The Morgan fingerprint density at radius 3 is 2.44 bits per heavy atom. The average molecular weight is 537 g/mol. The Hall–Kier alpha value is -4.34. The van der Waals surface area contributed by atoms with Gasteiger partial charge in [-0.1, -0.05) is 18.2 Å². The van der Waals surface area contributed by atoms with Gasteiger partial charge in [-0.25, -0.2) is 19.0 Å². The molecule has 1 aromatic heterocycles. The summed E-state index contributed by atoms with van der Waals surface area (Å²) >= 11 is 0. The van der Waals surface area contributed by atoms with Crippen LogP contribution < -0.4 is 15.4 Å². The number of carbonyl (C=O) groups is 2. The van der Waals surface area contributed by atoms with E-state index in [4.69, 9.17) is 19.9 Å².